The Kier molecular flexibility index (Phi) is 4.40. The van der Waals surface area contributed by atoms with Crippen LogP contribution in [0.2, 0.25) is 5.02 Å². The lowest BCUT2D eigenvalue weighted by molar-refractivity contribution is 0.0727. The lowest BCUT2D eigenvalue weighted by Gasteiger charge is -2.31. The minimum Gasteiger partial charge on any atom is -0.399 e. The number of rotatable bonds is 2. The van der Waals surface area contributed by atoms with Gasteiger partial charge in [-0.2, -0.15) is 11.8 Å². The normalized spacial score (nSPS) is 16.9. The molecule has 1 aromatic carbocycles. The van der Waals surface area contributed by atoms with Crippen LogP contribution in [0.4, 0.5) is 5.69 Å². The molecule has 1 aromatic rings. The molecule has 2 N–H and O–H groups in total. The molecular weight excluding hydrogens is 268 g/mol. The fraction of sp³-hybridized carbons (Fsp3) is 0.462. The largest absolute Gasteiger partial charge is 0.399 e. The van der Waals surface area contributed by atoms with Crippen LogP contribution in [0.3, 0.4) is 0 Å². The monoisotopic (exact) mass is 284 g/mol. The summed E-state index contributed by atoms with van der Waals surface area (Å²) >= 11 is 7.94. The SMILES string of the molecule is CSC1CCN(C(=O)c2cc(N)ccc2Cl)CC1. The van der Waals surface area contributed by atoms with Crippen molar-refractivity contribution in [3.05, 3.63) is 28.8 Å². The van der Waals surface area contributed by atoms with Crippen molar-refractivity contribution in [3.8, 4) is 0 Å². The number of piperidine rings is 1. The van der Waals surface area contributed by atoms with E-state index in [-0.39, 0.29) is 5.91 Å². The summed E-state index contributed by atoms with van der Waals surface area (Å²) in [6.45, 7) is 1.60. The van der Waals surface area contributed by atoms with E-state index in [1.165, 1.54) is 0 Å². The Balaban J connectivity index is 2.10. The van der Waals surface area contributed by atoms with Crippen molar-refractivity contribution in [1.82, 2.24) is 4.90 Å². The van der Waals surface area contributed by atoms with Gasteiger partial charge in [-0.25, -0.2) is 0 Å². The van der Waals surface area contributed by atoms with Crippen molar-refractivity contribution in [2.24, 2.45) is 0 Å². The summed E-state index contributed by atoms with van der Waals surface area (Å²) in [5.41, 5.74) is 6.79. The second-order valence-electron chi connectivity index (χ2n) is 4.47. The molecule has 0 aliphatic carbocycles. The zero-order valence-corrected chi connectivity index (χ0v) is 11.9. The van der Waals surface area contributed by atoms with E-state index in [2.05, 4.69) is 6.26 Å². The van der Waals surface area contributed by atoms with E-state index < -0.39 is 0 Å². The number of thioether (sulfide) groups is 1. The van der Waals surface area contributed by atoms with Gasteiger partial charge in [-0.15, -0.1) is 0 Å². The van der Waals surface area contributed by atoms with Crippen molar-refractivity contribution in [3.63, 3.8) is 0 Å². The quantitative estimate of drug-likeness (QED) is 0.850. The maximum absolute atomic E-state index is 12.3. The van der Waals surface area contributed by atoms with Crippen molar-refractivity contribution < 1.29 is 4.79 Å². The Morgan fingerprint density at radius 2 is 2.11 bits per heavy atom. The van der Waals surface area contributed by atoms with E-state index in [4.69, 9.17) is 17.3 Å². The highest BCUT2D eigenvalue weighted by atomic mass is 35.5. The number of nitrogens with zero attached hydrogens (tertiary/aromatic N) is 1. The molecule has 1 aliphatic rings. The van der Waals surface area contributed by atoms with Gasteiger partial charge in [0.1, 0.15) is 0 Å². The van der Waals surface area contributed by atoms with E-state index in [1.807, 2.05) is 16.7 Å². The van der Waals surface area contributed by atoms with Gasteiger partial charge in [0.25, 0.3) is 5.91 Å². The topological polar surface area (TPSA) is 46.3 Å². The highest BCUT2D eigenvalue weighted by Gasteiger charge is 2.24. The van der Waals surface area contributed by atoms with Gasteiger partial charge in [0.2, 0.25) is 0 Å². The molecule has 1 saturated heterocycles. The first kappa shape index (κ1) is 13.6. The number of anilines is 1. The van der Waals surface area contributed by atoms with E-state index in [0.29, 0.717) is 21.5 Å². The van der Waals surface area contributed by atoms with Crippen LogP contribution in [-0.4, -0.2) is 35.4 Å². The Morgan fingerprint density at radius 3 is 2.72 bits per heavy atom. The molecule has 2 rings (SSSR count). The first-order valence-electron chi connectivity index (χ1n) is 5.99. The molecular formula is C13H17ClN2OS. The van der Waals surface area contributed by atoms with Crippen LogP contribution in [0.15, 0.2) is 18.2 Å². The Hall–Kier alpha value is -0.870. The van der Waals surface area contributed by atoms with Crippen molar-refractivity contribution >= 4 is 35.0 Å². The molecule has 98 valence electrons. The third-order valence-corrected chi connectivity index (χ3v) is 4.75. The maximum atomic E-state index is 12.3. The molecule has 0 atom stereocenters. The van der Waals surface area contributed by atoms with Gasteiger partial charge < -0.3 is 10.6 Å². The van der Waals surface area contributed by atoms with Gasteiger partial charge in [0.15, 0.2) is 0 Å². The molecule has 5 heteroatoms. The molecule has 1 fully saturated rings. The predicted octanol–water partition coefficient (Wildman–Crippen LogP) is 2.89. The van der Waals surface area contributed by atoms with Crippen molar-refractivity contribution in [2.75, 3.05) is 25.1 Å². The summed E-state index contributed by atoms with van der Waals surface area (Å²) in [6.07, 6.45) is 4.22. The standard InChI is InChI=1S/C13H17ClN2OS/c1-18-10-4-6-16(7-5-10)13(17)11-8-9(15)2-3-12(11)14/h2-3,8,10H,4-7,15H2,1H3. The molecule has 0 aromatic heterocycles. The molecule has 0 spiro atoms. The number of benzene rings is 1. The molecule has 1 heterocycles. The summed E-state index contributed by atoms with van der Waals surface area (Å²) in [5, 5.41) is 1.14. The number of nitrogen functional groups attached to an aromatic ring is 1. The summed E-state index contributed by atoms with van der Waals surface area (Å²) < 4.78 is 0. The minimum absolute atomic E-state index is 0.00754. The zero-order valence-electron chi connectivity index (χ0n) is 10.4. The first-order valence-corrected chi connectivity index (χ1v) is 7.65. The fourth-order valence-electron chi connectivity index (χ4n) is 2.17. The Labute approximate surface area is 117 Å². The number of hydrogen-bond acceptors (Lipinski definition) is 3. The summed E-state index contributed by atoms with van der Waals surface area (Å²) in [4.78, 5) is 14.2. The van der Waals surface area contributed by atoms with Crippen LogP contribution in [0.1, 0.15) is 23.2 Å². The highest BCUT2D eigenvalue weighted by molar-refractivity contribution is 7.99. The lowest BCUT2D eigenvalue weighted by Crippen LogP contribution is -2.39. The van der Waals surface area contributed by atoms with Crippen LogP contribution < -0.4 is 5.73 Å². The Bertz CT molecular complexity index is 445. The number of nitrogens with two attached hydrogens (primary N) is 1. The molecule has 3 nitrogen and oxygen atoms in total. The van der Waals surface area contributed by atoms with Crippen LogP contribution in [0.25, 0.3) is 0 Å². The van der Waals surface area contributed by atoms with Crippen molar-refractivity contribution in [1.29, 1.82) is 0 Å². The molecule has 18 heavy (non-hydrogen) atoms. The minimum atomic E-state index is -0.00754. The second kappa shape index (κ2) is 5.85. The van der Waals surface area contributed by atoms with Crippen LogP contribution in [0.5, 0.6) is 0 Å². The number of likely N-dealkylation sites (tertiary alicyclic amines) is 1. The van der Waals surface area contributed by atoms with Crippen LogP contribution in [-0.2, 0) is 0 Å². The molecule has 1 amide bonds. The number of carbonyl (C=O) groups is 1. The second-order valence-corrected chi connectivity index (χ2v) is 6.01. The van der Waals surface area contributed by atoms with E-state index in [1.54, 1.807) is 18.2 Å². The molecule has 0 bridgehead atoms. The summed E-state index contributed by atoms with van der Waals surface area (Å²) in [5.74, 6) is -0.00754. The van der Waals surface area contributed by atoms with Crippen LogP contribution in [0, 0.1) is 0 Å². The zero-order chi connectivity index (χ0) is 13.1. The molecule has 0 radical (unpaired) electrons. The van der Waals surface area contributed by atoms with Gasteiger partial charge in [-0.05, 0) is 37.3 Å². The lowest BCUT2D eigenvalue weighted by atomic mass is 10.1. The van der Waals surface area contributed by atoms with Gasteiger partial charge in [0.05, 0.1) is 10.6 Å². The summed E-state index contributed by atoms with van der Waals surface area (Å²) in [6, 6.07) is 5.04. The van der Waals surface area contributed by atoms with Gasteiger partial charge >= 0.3 is 0 Å². The number of carbonyl (C=O) groups excluding carboxylic acids is 1. The fourth-order valence-corrected chi connectivity index (χ4v) is 3.05. The van der Waals surface area contributed by atoms with Gasteiger partial charge in [-0.1, -0.05) is 11.6 Å². The van der Waals surface area contributed by atoms with E-state index in [9.17, 15) is 4.79 Å². The molecule has 0 unspecified atom stereocenters. The third kappa shape index (κ3) is 2.93. The smallest absolute Gasteiger partial charge is 0.255 e. The van der Waals surface area contributed by atoms with E-state index in [0.717, 1.165) is 25.9 Å². The van der Waals surface area contributed by atoms with Gasteiger partial charge in [-0.3, -0.25) is 4.79 Å². The van der Waals surface area contributed by atoms with Gasteiger partial charge in [0, 0.05) is 24.0 Å². The van der Waals surface area contributed by atoms with Crippen molar-refractivity contribution in [2.45, 2.75) is 18.1 Å². The number of hydrogen-bond donors (Lipinski definition) is 1. The Morgan fingerprint density at radius 1 is 1.44 bits per heavy atom. The molecule has 1 aliphatic heterocycles. The maximum Gasteiger partial charge on any atom is 0.255 e. The average Bonchev–Trinajstić information content (AvgIpc) is 2.41. The van der Waals surface area contributed by atoms with E-state index >= 15 is 0 Å². The third-order valence-electron chi connectivity index (χ3n) is 3.28. The first-order chi connectivity index (χ1) is 8.61. The average molecular weight is 285 g/mol. The highest BCUT2D eigenvalue weighted by Crippen LogP contribution is 2.25. The number of amides is 1. The number of halogens is 1. The van der Waals surface area contributed by atoms with Crippen LogP contribution >= 0.6 is 23.4 Å². The predicted molar refractivity (Wildman–Crippen MR) is 78.3 cm³/mol. The molecule has 0 saturated carbocycles. The summed E-state index contributed by atoms with van der Waals surface area (Å²) in [7, 11) is 0.